The van der Waals surface area contributed by atoms with Crippen LogP contribution >= 0.6 is 0 Å². The van der Waals surface area contributed by atoms with Crippen molar-refractivity contribution in [3.8, 4) is 5.88 Å². The van der Waals surface area contributed by atoms with Crippen LogP contribution in [0, 0.1) is 0 Å². The summed E-state index contributed by atoms with van der Waals surface area (Å²) in [6.07, 6.45) is 1.56. The van der Waals surface area contributed by atoms with Gasteiger partial charge in [-0.15, -0.1) is 5.10 Å². The van der Waals surface area contributed by atoms with Crippen LogP contribution in [0.5, 0.6) is 5.88 Å². The van der Waals surface area contributed by atoms with Gasteiger partial charge in [-0.25, -0.2) is 4.79 Å². The molecular weight excluding hydrogens is 172 g/mol. The SMILES string of the molecule is C=CCOc1cc(C(=O)O)n(C)n1. The Labute approximate surface area is 75.2 Å². The molecule has 5 nitrogen and oxygen atoms in total. The summed E-state index contributed by atoms with van der Waals surface area (Å²) in [5.74, 6) is -0.733. The molecule has 13 heavy (non-hydrogen) atoms. The van der Waals surface area contributed by atoms with Crippen LogP contribution in [0.4, 0.5) is 0 Å². The maximum atomic E-state index is 10.6. The van der Waals surface area contributed by atoms with E-state index in [1.165, 1.54) is 10.7 Å². The van der Waals surface area contributed by atoms with E-state index in [0.717, 1.165) is 0 Å². The summed E-state index contributed by atoms with van der Waals surface area (Å²) in [6.45, 7) is 3.78. The quantitative estimate of drug-likeness (QED) is 0.695. The van der Waals surface area contributed by atoms with Crippen LogP contribution in [0.25, 0.3) is 0 Å². The van der Waals surface area contributed by atoms with Crippen molar-refractivity contribution in [3.63, 3.8) is 0 Å². The van der Waals surface area contributed by atoms with E-state index in [-0.39, 0.29) is 5.69 Å². The van der Waals surface area contributed by atoms with E-state index in [2.05, 4.69) is 11.7 Å². The van der Waals surface area contributed by atoms with Crippen LogP contribution in [0.15, 0.2) is 18.7 Å². The van der Waals surface area contributed by atoms with Gasteiger partial charge in [-0.2, -0.15) is 0 Å². The molecule has 0 radical (unpaired) electrons. The van der Waals surface area contributed by atoms with Gasteiger partial charge in [0, 0.05) is 13.1 Å². The lowest BCUT2D eigenvalue weighted by Gasteiger charge is -1.94. The number of aromatic nitrogens is 2. The van der Waals surface area contributed by atoms with E-state index >= 15 is 0 Å². The average molecular weight is 182 g/mol. The molecular formula is C8H10N2O3. The van der Waals surface area contributed by atoms with Crippen LogP contribution in [-0.2, 0) is 7.05 Å². The van der Waals surface area contributed by atoms with Crippen LogP contribution in [0.1, 0.15) is 10.5 Å². The first-order chi connectivity index (χ1) is 6.15. The smallest absolute Gasteiger partial charge is 0.354 e. The van der Waals surface area contributed by atoms with E-state index in [4.69, 9.17) is 9.84 Å². The number of rotatable bonds is 4. The standard InChI is InChI=1S/C8H10N2O3/c1-3-4-13-7-5-6(8(11)12)10(2)9-7/h3,5H,1,4H2,2H3,(H,11,12). The summed E-state index contributed by atoms with van der Waals surface area (Å²) >= 11 is 0. The summed E-state index contributed by atoms with van der Waals surface area (Å²) in [4.78, 5) is 10.6. The molecule has 70 valence electrons. The van der Waals surface area contributed by atoms with Crippen molar-refractivity contribution in [2.45, 2.75) is 0 Å². The molecule has 0 saturated carbocycles. The first kappa shape index (κ1) is 9.31. The van der Waals surface area contributed by atoms with Crippen molar-refractivity contribution in [3.05, 3.63) is 24.4 Å². The normalized spacial score (nSPS) is 9.62. The van der Waals surface area contributed by atoms with Gasteiger partial charge < -0.3 is 9.84 Å². The highest BCUT2D eigenvalue weighted by molar-refractivity contribution is 5.85. The van der Waals surface area contributed by atoms with E-state index in [9.17, 15) is 4.79 Å². The summed E-state index contributed by atoms with van der Waals surface area (Å²) in [5.41, 5.74) is 0.0964. The molecule has 1 rings (SSSR count). The predicted octanol–water partition coefficient (Wildman–Crippen LogP) is 0.683. The maximum absolute atomic E-state index is 10.6. The fourth-order valence-electron chi connectivity index (χ4n) is 0.856. The Morgan fingerprint density at radius 2 is 2.62 bits per heavy atom. The summed E-state index contributed by atoms with van der Waals surface area (Å²) in [5, 5.41) is 12.5. The lowest BCUT2D eigenvalue weighted by molar-refractivity contribution is 0.0685. The predicted molar refractivity (Wildman–Crippen MR) is 45.9 cm³/mol. The molecule has 0 fully saturated rings. The topological polar surface area (TPSA) is 64.3 Å². The van der Waals surface area contributed by atoms with E-state index in [0.29, 0.717) is 12.5 Å². The Morgan fingerprint density at radius 1 is 1.92 bits per heavy atom. The number of carboxylic acids is 1. The molecule has 0 aliphatic carbocycles. The molecule has 0 aliphatic heterocycles. The number of ether oxygens (including phenoxy) is 1. The minimum absolute atomic E-state index is 0.0964. The molecule has 0 atom stereocenters. The van der Waals surface area contributed by atoms with Gasteiger partial charge >= 0.3 is 5.97 Å². The zero-order chi connectivity index (χ0) is 9.84. The van der Waals surface area contributed by atoms with Gasteiger partial charge in [0.25, 0.3) is 0 Å². The van der Waals surface area contributed by atoms with Crippen LogP contribution in [-0.4, -0.2) is 27.5 Å². The van der Waals surface area contributed by atoms with Gasteiger partial charge in [-0.3, -0.25) is 4.68 Å². The number of hydrogen-bond acceptors (Lipinski definition) is 3. The highest BCUT2D eigenvalue weighted by Crippen LogP contribution is 2.10. The molecule has 0 spiro atoms. The van der Waals surface area contributed by atoms with Crippen molar-refractivity contribution >= 4 is 5.97 Å². The van der Waals surface area contributed by atoms with E-state index in [1.807, 2.05) is 0 Å². The minimum Gasteiger partial charge on any atom is -0.477 e. The lowest BCUT2D eigenvalue weighted by atomic mass is 10.4. The molecule has 5 heteroatoms. The molecule has 0 aromatic carbocycles. The summed E-state index contributed by atoms with van der Waals surface area (Å²) in [6, 6.07) is 1.37. The number of nitrogens with zero attached hydrogens (tertiary/aromatic N) is 2. The monoisotopic (exact) mass is 182 g/mol. The summed E-state index contributed by atoms with van der Waals surface area (Å²) in [7, 11) is 1.55. The lowest BCUT2D eigenvalue weighted by Crippen LogP contribution is -2.04. The number of carbonyl (C=O) groups is 1. The van der Waals surface area contributed by atoms with Crippen molar-refractivity contribution in [2.75, 3.05) is 6.61 Å². The van der Waals surface area contributed by atoms with Gasteiger partial charge in [0.2, 0.25) is 5.88 Å². The molecule has 1 heterocycles. The zero-order valence-corrected chi connectivity index (χ0v) is 7.23. The van der Waals surface area contributed by atoms with Crippen LogP contribution < -0.4 is 4.74 Å². The summed E-state index contributed by atoms with van der Waals surface area (Å²) < 4.78 is 6.30. The third-order valence-corrected chi connectivity index (χ3v) is 1.43. The Bertz CT molecular complexity index is 330. The highest BCUT2D eigenvalue weighted by atomic mass is 16.5. The zero-order valence-electron chi connectivity index (χ0n) is 7.23. The van der Waals surface area contributed by atoms with Crippen molar-refractivity contribution in [1.29, 1.82) is 0 Å². The van der Waals surface area contributed by atoms with Crippen molar-refractivity contribution < 1.29 is 14.6 Å². The van der Waals surface area contributed by atoms with E-state index < -0.39 is 5.97 Å². The Morgan fingerprint density at radius 3 is 3.08 bits per heavy atom. The van der Waals surface area contributed by atoms with Crippen LogP contribution in [0.2, 0.25) is 0 Å². The van der Waals surface area contributed by atoms with Crippen molar-refractivity contribution in [1.82, 2.24) is 9.78 Å². The number of aromatic carboxylic acids is 1. The fourth-order valence-corrected chi connectivity index (χ4v) is 0.856. The first-order valence-corrected chi connectivity index (χ1v) is 3.66. The molecule has 0 amide bonds. The minimum atomic E-state index is -1.02. The molecule has 0 saturated heterocycles. The number of hydrogen-bond donors (Lipinski definition) is 1. The molecule has 1 N–H and O–H groups in total. The van der Waals surface area contributed by atoms with Gasteiger partial charge in [0.05, 0.1) is 0 Å². The van der Waals surface area contributed by atoms with Gasteiger partial charge in [0.1, 0.15) is 12.3 Å². The van der Waals surface area contributed by atoms with Crippen LogP contribution in [0.3, 0.4) is 0 Å². The Hall–Kier alpha value is -1.78. The third-order valence-electron chi connectivity index (χ3n) is 1.43. The number of aryl methyl sites for hydroxylation is 1. The van der Waals surface area contributed by atoms with Crippen molar-refractivity contribution in [2.24, 2.45) is 7.05 Å². The van der Waals surface area contributed by atoms with Gasteiger partial charge in [-0.1, -0.05) is 12.7 Å². The molecule has 1 aromatic heterocycles. The van der Waals surface area contributed by atoms with Gasteiger partial charge in [-0.05, 0) is 0 Å². The second-order valence-electron chi connectivity index (χ2n) is 2.40. The third kappa shape index (κ3) is 2.08. The molecule has 0 bridgehead atoms. The second kappa shape index (κ2) is 3.75. The first-order valence-electron chi connectivity index (χ1n) is 3.66. The largest absolute Gasteiger partial charge is 0.477 e. The molecule has 0 unspecified atom stereocenters. The Kier molecular flexibility index (Phi) is 2.69. The van der Waals surface area contributed by atoms with Gasteiger partial charge in [0.15, 0.2) is 0 Å². The van der Waals surface area contributed by atoms with E-state index in [1.54, 1.807) is 13.1 Å². The molecule has 1 aromatic rings. The highest BCUT2D eigenvalue weighted by Gasteiger charge is 2.11. The average Bonchev–Trinajstić information content (AvgIpc) is 2.43. The fraction of sp³-hybridized carbons (Fsp3) is 0.250. The Balaban J connectivity index is 2.82. The molecule has 0 aliphatic rings. The second-order valence-corrected chi connectivity index (χ2v) is 2.40. The number of carboxylic acid groups (broad SMARTS) is 1. The maximum Gasteiger partial charge on any atom is 0.354 e.